The average Bonchev–Trinajstić information content (AvgIpc) is 3.13. The third-order valence-electron chi connectivity index (χ3n) is 16.4. The first-order valence-electron chi connectivity index (χ1n) is 20.0. The van der Waals surface area contributed by atoms with E-state index >= 15 is 0 Å². The highest BCUT2D eigenvalue weighted by Gasteiger charge is 2.68. The van der Waals surface area contributed by atoms with Crippen LogP contribution in [0, 0.1) is 50.2 Å². The van der Waals surface area contributed by atoms with Gasteiger partial charge in [-0.2, -0.15) is 0 Å². The third kappa shape index (κ3) is 5.83. The Kier molecular flexibility index (Phi) is 9.29. The van der Waals surface area contributed by atoms with Crippen LogP contribution in [0.25, 0.3) is 0 Å². The predicted molar refractivity (Wildman–Crippen MR) is 205 cm³/mol. The van der Waals surface area contributed by atoms with Crippen LogP contribution in [0.15, 0.2) is 60.2 Å². The molecule has 2 N–H and O–H groups in total. The number of benzene rings is 2. The minimum atomic E-state index is -1.14. The van der Waals surface area contributed by atoms with Gasteiger partial charge in [0.2, 0.25) is 0 Å². The molecule has 0 saturated heterocycles. The molecule has 0 bridgehead atoms. The van der Waals surface area contributed by atoms with Crippen molar-refractivity contribution in [2.24, 2.45) is 50.2 Å². The number of carboxylic acids is 2. The molecule has 8 heteroatoms. The van der Waals surface area contributed by atoms with Crippen LogP contribution >= 0.6 is 0 Å². The highest BCUT2D eigenvalue weighted by molar-refractivity contribution is 6.03. The molecule has 0 amide bonds. The number of carbonyl (C=O) groups excluding carboxylic acids is 2. The van der Waals surface area contributed by atoms with Crippen LogP contribution in [0.4, 0.5) is 0 Å². The van der Waals surface area contributed by atoms with E-state index in [9.17, 15) is 29.4 Å². The molecule has 5 aliphatic carbocycles. The van der Waals surface area contributed by atoms with E-state index in [1.165, 1.54) is 18.2 Å². The minimum absolute atomic E-state index is 0.0252. The number of carbonyl (C=O) groups is 4. The second-order valence-corrected chi connectivity index (χ2v) is 19.5. The van der Waals surface area contributed by atoms with Crippen LogP contribution in [0.2, 0.25) is 0 Å². The number of allylic oxidation sites excluding steroid dienone is 2. The van der Waals surface area contributed by atoms with Crippen LogP contribution in [0.1, 0.15) is 154 Å². The molecule has 0 radical (unpaired) electrons. The molecular formula is C46H58O8. The predicted octanol–water partition coefficient (Wildman–Crippen LogP) is 10.3. The fourth-order valence-electron chi connectivity index (χ4n) is 12.9. The van der Waals surface area contributed by atoms with Crippen LogP contribution in [-0.4, -0.2) is 46.8 Å². The van der Waals surface area contributed by atoms with Crippen LogP contribution in [0.3, 0.4) is 0 Å². The minimum Gasteiger partial charge on any atom is -0.478 e. The Labute approximate surface area is 320 Å². The van der Waals surface area contributed by atoms with Crippen molar-refractivity contribution in [3.05, 3.63) is 82.4 Å². The van der Waals surface area contributed by atoms with E-state index in [2.05, 4.69) is 54.5 Å². The molecule has 0 spiro atoms. The summed E-state index contributed by atoms with van der Waals surface area (Å²) in [6, 6.07) is 12.6. The average molecular weight is 739 g/mol. The van der Waals surface area contributed by atoms with Crippen molar-refractivity contribution in [3.8, 4) is 0 Å². The van der Waals surface area contributed by atoms with Gasteiger partial charge in [-0.15, -0.1) is 0 Å². The molecule has 0 aromatic heterocycles. The van der Waals surface area contributed by atoms with Gasteiger partial charge in [-0.25, -0.2) is 19.2 Å². The summed E-state index contributed by atoms with van der Waals surface area (Å²) in [5, 5.41) is 19.4. The van der Waals surface area contributed by atoms with Gasteiger partial charge in [0.25, 0.3) is 0 Å². The van der Waals surface area contributed by atoms with Gasteiger partial charge in [0.15, 0.2) is 0 Å². The van der Waals surface area contributed by atoms with Gasteiger partial charge in [-0.05, 0) is 128 Å². The highest BCUT2D eigenvalue weighted by Crippen LogP contribution is 2.75. The largest absolute Gasteiger partial charge is 0.478 e. The quantitative estimate of drug-likeness (QED) is 0.212. The van der Waals surface area contributed by atoms with Gasteiger partial charge < -0.3 is 19.7 Å². The van der Waals surface area contributed by atoms with Gasteiger partial charge >= 0.3 is 23.9 Å². The number of aromatic carboxylic acids is 2. The molecule has 8 nitrogen and oxygen atoms in total. The molecule has 4 fully saturated rings. The van der Waals surface area contributed by atoms with Crippen molar-refractivity contribution >= 4 is 23.9 Å². The van der Waals surface area contributed by atoms with Crippen LogP contribution in [0.5, 0.6) is 0 Å². The Bertz CT molecular complexity index is 1910. The summed E-state index contributed by atoms with van der Waals surface area (Å²) in [6.45, 7) is 17.1. The van der Waals surface area contributed by atoms with E-state index in [4.69, 9.17) is 9.47 Å². The lowest BCUT2D eigenvalue weighted by molar-refractivity contribution is -0.203. The fraction of sp³-hybridized carbons (Fsp3) is 0.609. The number of rotatable bonds is 7. The molecule has 9 unspecified atom stereocenters. The summed E-state index contributed by atoms with van der Waals surface area (Å²) in [4.78, 5) is 50.3. The van der Waals surface area contributed by atoms with Crippen molar-refractivity contribution in [2.75, 3.05) is 6.61 Å². The molecule has 290 valence electrons. The van der Waals surface area contributed by atoms with Crippen LogP contribution < -0.4 is 0 Å². The molecular weight excluding hydrogens is 680 g/mol. The summed E-state index contributed by atoms with van der Waals surface area (Å²) in [6.07, 6.45) is 12.5. The number of esters is 2. The Morgan fingerprint density at radius 1 is 0.685 bits per heavy atom. The first-order valence-corrected chi connectivity index (χ1v) is 20.0. The maximum atomic E-state index is 13.5. The van der Waals surface area contributed by atoms with E-state index in [1.54, 1.807) is 35.9 Å². The van der Waals surface area contributed by atoms with Crippen molar-refractivity contribution < 1.29 is 38.9 Å². The Hall–Kier alpha value is -3.94. The van der Waals surface area contributed by atoms with Gasteiger partial charge in [0.05, 0.1) is 28.9 Å². The van der Waals surface area contributed by atoms with E-state index in [0.29, 0.717) is 17.8 Å². The summed E-state index contributed by atoms with van der Waals surface area (Å²) >= 11 is 0. The van der Waals surface area contributed by atoms with Crippen LogP contribution in [-0.2, 0) is 9.47 Å². The molecule has 54 heavy (non-hydrogen) atoms. The van der Waals surface area contributed by atoms with Gasteiger partial charge in [0, 0.05) is 10.8 Å². The van der Waals surface area contributed by atoms with E-state index < -0.39 is 23.9 Å². The molecule has 7 rings (SSSR count). The molecule has 2 aromatic rings. The van der Waals surface area contributed by atoms with E-state index in [1.807, 2.05) is 0 Å². The first kappa shape index (κ1) is 38.3. The molecule has 9 atom stereocenters. The van der Waals surface area contributed by atoms with E-state index in [-0.39, 0.29) is 67.5 Å². The van der Waals surface area contributed by atoms with Crippen molar-refractivity contribution in [2.45, 2.75) is 119 Å². The fourth-order valence-corrected chi connectivity index (χ4v) is 12.9. The second-order valence-electron chi connectivity index (χ2n) is 19.5. The summed E-state index contributed by atoms with van der Waals surface area (Å²) in [5.41, 5.74) is 1.57. The second kappa shape index (κ2) is 13.1. The summed E-state index contributed by atoms with van der Waals surface area (Å²) in [5.74, 6) is -2.22. The summed E-state index contributed by atoms with van der Waals surface area (Å²) < 4.78 is 12.2. The lowest BCUT2D eigenvalue weighted by atomic mass is 9.33. The smallest absolute Gasteiger partial charge is 0.339 e. The molecule has 0 aliphatic heterocycles. The first-order chi connectivity index (χ1) is 25.3. The zero-order valence-electron chi connectivity index (χ0n) is 33.1. The lowest BCUT2D eigenvalue weighted by Gasteiger charge is -2.71. The highest BCUT2D eigenvalue weighted by atomic mass is 16.5. The number of fused-ring (bicyclic) bond motifs is 7. The standard InChI is InChI=1S/C46H58O8/c1-41(2)34-18-21-46(7)35(44(34,5)20-19-36(41)54-40(52)31-15-11-9-13-29(31)38(49)50)17-16-32-33-26-42(3,22-23-43(33,4)24-25-45(32,46)6)27-53-39(51)30-14-10-8-12-28(30)37(47)48/h8-16,33-36H,17-27H2,1-7H3,(H,47,48)(H,49,50). The number of ether oxygens (including phenoxy) is 2. The van der Waals surface area contributed by atoms with Crippen molar-refractivity contribution in [1.29, 1.82) is 0 Å². The maximum absolute atomic E-state index is 13.5. The molecule has 0 heterocycles. The normalized spacial score (nSPS) is 37.9. The van der Waals surface area contributed by atoms with Gasteiger partial charge in [-0.1, -0.05) is 84.4 Å². The Morgan fingerprint density at radius 2 is 1.26 bits per heavy atom. The van der Waals surface area contributed by atoms with Gasteiger partial charge in [-0.3, -0.25) is 0 Å². The number of carboxylic acid groups (broad SMARTS) is 2. The Balaban J connectivity index is 1.12. The number of hydrogen-bond acceptors (Lipinski definition) is 6. The number of hydrogen-bond donors (Lipinski definition) is 2. The molecule has 4 saturated carbocycles. The summed E-state index contributed by atoms with van der Waals surface area (Å²) in [7, 11) is 0. The maximum Gasteiger partial charge on any atom is 0.339 e. The monoisotopic (exact) mass is 738 g/mol. The van der Waals surface area contributed by atoms with E-state index in [0.717, 1.165) is 64.2 Å². The van der Waals surface area contributed by atoms with Crippen molar-refractivity contribution in [1.82, 2.24) is 0 Å². The Morgan fingerprint density at radius 3 is 1.87 bits per heavy atom. The third-order valence-corrected chi connectivity index (χ3v) is 16.4. The zero-order chi connectivity index (χ0) is 39.1. The zero-order valence-corrected chi connectivity index (χ0v) is 33.1. The van der Waals surface area contributed by atoms with Crippen molar-refractivity contribution in [3.63, 3.8) is 0 Å². The van der Waals surface area contributed by atoms with Gasteiger partial charge in [0.1, 0.15) is 6.10 Å². The molecule has 5 aliphatic rings. The molecule has 2 aromatic carbocycles. The SMILES string of the molecule is CC1(COC(=O)c2ccccc2C(=O)O)CCC2(C)CCC3(C)C(=CCC4C5(C)CCC(OC(=O)c6ccccc6C(=O)O)C(C)(C)C5CCC43C)C2C1. The lowest BCUT2D eigenvalue weighted by Crippen LogP contribution is -2.64. The topological polar surface area (TPSA) is 127 Å².